The van der Waals surface area contributed by atoms with Crippen LogP contribution in [0.4, 0.5) is 0 Å². The minimum Gasteiger partial charge on any atom is -0.384 e. The van der Waals surface area contributed by atoms with Gasteiger partial charge in [-0.2, -0.15) is 12.7 Å². The molecule has 1 atom stereocenters. The van der Waals surface area contributed by atoms with Gasteiger partial charge in [-0.05, 0) is 44.7 Å². The van der Waals surface area contributed by atoms with Gasteiger partial charge in [0.2, 0.25) is 0 Å². The summed E-state index contributed by atoms with van der Waals surface area (Å²) in [7, 11) is -1.68. The summed E-state index contributed by atoms with van der Waals surface area (Å²) < 4.78 is 34.7. The Kier molecular flexibility index (Phi) is 8.05. The molecule has 8 heteroatoms. The molecule has 0 aromatic carbocycles. The Morgan fingerprint density at radius 3 is 2.64 bits per heavy atom. The molecule has 0 aromatic heterocycles. The van der Waals surface area contributed by atoms with Gasteiger partial charge >= 0.3 is 0 Å². The molecule has 2 heterocycles. The fourth-order valence-corrected chi connectivity index (χ4v) is 4.83. The Morgan fingerprint density at radius 1 is 1.36 bits per heavy atom. The fraction of sp³-hybridized carbons (Fsp3) is 1.00. The van der Waals surface area contributed by atoms with Crippen molar-refractivity contribution in [3.8, 4) is 0 Å². The number of nitrogens with zero attached hydrogens (tertiary/aromatic N) is 1. The van der Waals surface area contributed by atoms with E-state index in [2.05, 4.69) is 17.0 Å². The molecule has 0 bridgehead atoms. The third-order valence-electron chi connectivity index (χ3n) is 4.70. The van der Waals surface area contributed by atoms with Crippen molar-refractivity contribution in [2.45, 2.75) is 32.6 Å². The number of piperidine rings is 2. The van der Waals surface area contributed by atoms with Crippen LogP contribution < -0.4 is 10.0 Å². The smallest absolute Gasteiger partial charge is 0.279 e. The van der Waals surface area contributed by atoms with Crippen molar-refractivity contribution in [2.24, 2.45) is 11.3 Å². The first kappa shape index (κ1) is 20.1. The molecular formula is C14H30ClN3O3S. The molecule has 6 nitrogen and oxygen atoms in total. The van der Waals surface area contributed by atoms with E-state index in [1.807, 2.05) is 0 Å². The topological polar surface area (TPSA) is 70.7 Å². The first-order valence-electron chi connectivity index (χ1n) is 7.92. The lowest BCUT2D eigenvalue weighted by molar-refractivity contribution is 0.0573. The van der Waals surface area contributed by atoms with Gasteiger partial charge in [0.15, 0.2) is 0 Å². The Balaban J connectivity index is 0.00000242. The van der Waals surface area contributed by atoms with Gasteiger partial charge < -0.3 is 10.1 Å². The van der Waals surface area contributed by atoms with Gasteiger partial charge in [0.25, 0.3) is 10.2 Å². The lowest BCUT2D eigenvalue weighted by Crippen LogP contribution is -2.51. The molecule has 0 amide bonds. The van der Waals surface area contributed by atoms with E-state index < -0.39 is 10.2 Å². The van der Waals surface area contributed by atoms with E-state index in [4.69, 9.17) is 4.74 Å². The molecule has 2 N–H and O–H groups in total. The maximum absolute atomic E-state index is 12.5. The number of rotatable bonds is 6. The zero-order chi connectivity index (χ0) is 15.3. The van der Waals surface area contributed by atoms with Crippen molar-refractivity contribution in [1.29, 1.82) is 0 Å². The van der Waals surface area contributed by atoms with Gasteiger partial charge in [-0.3, -0.25) is 0 Å². The maximum Gasteiger partial charge on any atom is 0.279 e. The quantitative estimate of drug-likeness (QED) is 0.745. The highest BCUT2D eigenvalue weighted by Crippen LogP contribution is 2.29. The highest BCUT2D eigenvalue weighted by molar-refractivity contribution is 7.87. The Labute approximate surface area is 140 Å². The van der Waals surface area contributed by atoms with Gasteiger partial charge in [0, 0.05) is 32.2 Å². The number of hydrogen-bond donors (Lipinski definition) is 2. The first-order valence-corrected chi connectivity index (χ1v) is 9.36. The SMILES string of the molecule is COCC1(CNS(=O)(=O)N2CCCC(C)C2)CCNCC1.Cl. The summed E-state index contributed by atoms with van der Waals surface area (Å²) in [6.45, 7) is 6.30. The number of halogens is 1. The molecule has 2 saturated heterocycles. The maximum atomic E-state index is 12.5. The molecule has 2 aliphatic rings. The Bertz CT molecular complexity index is 422. The lowest BCUT2D eigenvalue weighted by atomic mass is 9.80. The first-order chi connectivity index (χ1) is 9.97. The minimum absolute atomic E-state index is 0. The van der Waals surface area contributed by atoms with E-state index in [0.29, 0.717) is 32.2 Å². The molecule has 0 saturated carbocycles. The van der Waals surface area contributed by atoms with E-state index in [-0.39, 0.29) is 17.8 Å². The molecule has 2 aliphatic heterocycles. The van der Waals surface area contributed by atoms with E-state index in [0.717, 1.165) is 38.8 Å². The van der Waals surface area contributed by atoms with Crippen LogP contribution in [0, 0.1) is 11.3 Å². The Hall–Kier alpha value is 0.0800. The minimum atomic E-state index is -3.36. The van der Waals surface area contributed by atoms with Crippen LogP contribution in [0.15, 0.2) is 0 Å². The summed E-state index contributed by atoms with van der Waals surface area (Å²) in [6.07, 6.45) is 3.96. The molecule has 22 heavy (non-hydrogen) atoms. The highest BCUT2D eigenvalue weighted by atomic mass is 35.5. The number of methoxy groups -OCH3 is 1. The van der Waals surface area contributed by atoms with E-state index in [1.165, 1.54) is 0 Å². The van der Waals surface area contributed by atoms with Crippen molar-refractivity contribution in [3.05, 3.63) is 0 Å². The molecule has 0 spiro atoms. The monoisotopic (exact) mass is 355 g/mol. The third kappa shape index (κ3) is 5.32. The van der Waals surface area contributed by atoms with Crippen molar-refractivity contribution < 1.29 is 13.2 Å². The molecule has 0 aliphatic carbocycles. The second-order valence-corrected chi connectivity index (χ2v) is 8.37. The Morgan fingerprint density at radius 2 is 2.05 bits per heavy atom. The van der Waals surface area contributed by atoms with Gasteiger partial charge in [-0.25, -0.2) is 4.72 Å². The van der Waals surface area contributed by atoms with Crippen molar-refractivity contribution in [1.82, 2.24) is 14.3 Å². The number of nitrogens with one attached hydrogen (secondary N) is 2. The van der Waals surface area contributed by atoms with Crippen molar-refractivity contribution in [3.63, 3.8) is 0 Å². The van der Waals surface area contributed by atoms with E-state index in [1.54, 1.807) is 11.4 Å². The summed E-state index contributed by atoms with van der Waals surface area (Å²) in [4.78, 5) is 0. The summed E-state index contributed by atoms with van der Waals surface area (Å²) in [5.41, 5.74) is -0.0749. The number of hydrogen-bond acceptors (Lipinski definition) is 4. The largest absolute Gasteiger partial charge is 0.384 e. The van der Waals surface area contributed by atoms with Gasteiger partial charge in [-0.1, -0.05) is 6.92 Å². The highest BCUT2D eigenvalue weighted by Gasteiger charge is 2.35. The second kappa shape index (κ2) is 8.80. The predicted molar refractivity (Wildman–Crippen MR) is 90.6 cm³/mol. The fourth-order valence-electron chi connectivity index (χ4n) is 3.34. The molecule has 0 radical (unpaired) electrons. The average Bonchev–Trinajstić information content (AvgIpc) is 2.47. The van der Waals surface area contributed by atoms with Gasteiger partial charge in [0.1, 0.15) is 0 Å². The lowest BCUT2D eigenvalue weighted by Gasteiger charge is -2.38. The average molecular weight is 356 g/mol. The van der Waals surface area contributed by atoms with Crippen molar-refractivity contribution in [2.75, 3.05) is 46.4 Å². The summed E-state index contributed by atoms with van der Waals surface area (Å²) >= 11 is 0. The van der Waals surface area contributed by atoms with Gasteiger partial charge in [-0.15, -0.1) is 12.4 Å². The van der Waals surface area contributed by atoms with Crippen LogP contribution >= 0.6 is 12.4 Å². The van der Waals surface area contributed by atoms with Crippen molar-refractivity contribution >= 4 is 22.6 Å². The molecule has 2 fully saturated rings. The molecule has 0 aromatic rings. The molecule has 2 rings (SSSR count). The van der Waals surface area contributed by atoms with E-state index in [9.17, 15) is 8.42 Å². The normalized spacial score (nSPS) is 26.4. The predicted octanol–water partition coefficient (Wildman–Crippen LogP) is 0.991. The van der Waals surface area contributed by atoms with Crippen LogP contribution in [0.25, 0.3) is 0 Å². The van der Waals surface area contributed by atoms with Crippen LogP contribution in [0.1, 0.15) is 32.6 Å². The van der Waals surface area contributed by atoms with Crippen LogP contribution in [0.5, 0.6) is 0 Å². The van der Waals surface area contributed by atoms with Crippen LogP contribution in [-0.2, 0) is 14.9 Å². The second-order valence-electron chi connectivity index (χ2n) is 6.61. The van der Waals surface area contributed by atoms with Crippen LogP contribution in [0.3, 0.4) is 0 Å². The molecular weight excluding hydrogens is 326 g/mol. The summed E-state index contributed by atoms with van der Waals surface area (Å²) in [6, 6.07) is 0. The standard InChI is InChI=1S/C14H29N3O3S.ClH/c1-13-4-3-9-17(10-13)21(18,19)16-11-14(12-20-2)5-7-15-8-6-14;/h13,15-16H,3-12H2,1-2H3;1H. The van der Waals surface area contributed by atoms with Gasteiger partial charge in [0.05, 0.1) is 6.61 Å². The molecule has 132 valence electrons. The summed E-state index contributed by atoms with van der Waals surface area (Å²) in [5.74, 6) is 0.446. The number of ether oxygens (including phenoxy) is 1. The van der Waals surface area contributed by atoms with Crippen LogP contribution in [-0.4, -0.2) is 59.2 Å². The summed E-state index contributed by atoms with van der Waals surface area (Å²) in [5, 5.41) is 3.32. The zero-order valence-corrected chi connectivity index (χ0v) is 15.3. The third-order valence-corrected chi connectivity index (χ3v) is 6.22. The van der Waals surface area contributed by atoms with Crippen LogP contribution in [0.2, 0.25) is 0 Å². The zero-order valence-electron chi connectivity index (χ0n) is 13.6. The molecule has 1 unspecified atom stereocenters. The van der Waals surface area contributed by atoms with E-state index >= 15 is 0 Å².